The molecule has 4 aromatic rings. The number of aromatic nitrogens is 2. The number of hydrogen-bond donors (Lipinski definition) is 0. The van der Waals surface area contributed by atoms with Gasteiger partial charge in [-0.05, 0) is 68.1 Å². The number of methoxy groups -OCH3 is 2. The molecule has 5 rings (SSSR count). The molecule has 1 atom stereocenters. The number of imidazole rings is 1. The summed E-state index contributed by atoms with van der Waals surface area (Å²) >= 11 is 6.85. The molecule has 216 valence electrons. The number of aryl methyl sites for hydroxylation is 1. The molecule has 0 aliphatic heterocycles. The zero-order valence-electron chi connectivity index (χ0n) is 23.0. The highest BCUT2D eigenvalue weighted by molar-refractivity contribution is 7.98. The predicted octanol–water partition coefficient (Wildman–Crippen LogP) is 7.86. The van der Waals surface area contributed by atoms with E-state index in [9.17, 15) is 13.2 Å². The highest BCUT2D eigenvalue weighted by atomic mass is 35.5. The van der Waals surface area contributed by atoms with Crippen LogP contribution in [0.1, 0.15) is 42.3 Å². The van der Waals surface area contributed by atoms with Crippen molar-refractivity contribution in [1.82, 2.24) is 9.55 Å². The van der Waals surface area contributed by atoms with Crippen LogP contribution < -0.4 is 14.2 Å². The minimum atomic E-state index is -0.707. The summed E-state index contributed by atoms with van der Waals surface area (Å²) < 4.78 is 62.2. The number of nitrogens with zero attached hydrogens (tertiary/aromatic N) is 2. The van der Waals surface area contributed by atoms with Crippen molar-refractivity contribution in [3.8, 4) is 22.9 Å². The zero-order valence-corrected chi connectivity index (χ0v) is 24.6. The summed E-state index contributed by atoms with van der Waals surface area (Å²) in [6.45, 7) is 2.30. The van der Waals surface area contributed by atoms with E-state index in [1.54, 1.807) is 26.4 Å². The lowest BCUT2D eigenvalue weighted by Gasteiger charge is -2.36. The van der Waals surface area contributed by atoms with Crippen molar-refractivity contribution in [2.75, 3.05) is 26.7 Å². The van der Waals surface area contributed by atoms with Gasteiger partial charge in [-0.3, -0.25) is 4.57 Å². The van der Waals surface area contributed by atoms with Crippen LogP contribution in [0.5, 0.6) is 17.2 Å². The van der Waals surface area contributed by atoms with Crippen LogP contribution in [-0.4, -0.2) is 36.3 Å². The second kappa shape index (κ2) is 12.3. The molecule has 0 fully saturated rings. The molecule has 1 aliphatic carbocycles. The summed E-state index contributed by atoms with van der Waals surface area (Å²) in [5, 5.41) is 0.566. The summed E-state index contributed by atoms with van der Waals surface area (Å²) in [6, 6.07) is 14.4. The van der Waals surface area contributed by atoms with Crippen LogP contribution in [0.2, 0.25) is 0 Å². The lowest BCUT2D eigenvalue weighted by Crippen LogP contribution is -2.31. The standard InChI is InChI=1S/C31H30ClF3N2O3S/c1-31(19-6-11-27(38-2)28(15-19)39-3)12-4-5-26-29(31)37(21-9-7-20(33)8-10-21)30(36-26)41-18-23-24(34)16-22(17-25(23)35)40-14-13-32/h6-11,15-17H,4-5,12-14,18H2,1-3H3. The molecule has 0 N–H and O–H groups in total. The molecule has 0 saturated heterocycles. The van der Waals surface area contributed by atoms with Gasteiger partial charge < -0.3 is 14.2 Å². The van der Waals surface area contributed by atoms with Crippen molar-refractivity contribution in [1.29, 1.82) is 0 Å². The van der Waals surface area contributed by atoms with Gasteiger partial charge in [0.25, 0.3) is 0 Å². The molecule has 1 aliphatic rings. The van der Waals surface area contributed by atoms with Crippen molar-refractivity contribution in [3.05, 3.63) is 94.6 Å². The Labute approximate surface area is 246 Å². The highest BCUT2D eigenvalue weighted by Gasteiger charge is 2.40. The first-order valence-corrected chi connectivity index (χ1v) is 14.7. The van der Waals surface area contributed by atoms with Gasteiger partial charge in [0.1, 0.15) is 29.8 Å². The van der Waals surface area contributed by atoms with Crippen molar-refractivity contribution in [2.24, 2.45) is 0 Å². The van der Waals surface area contributed by atoms with E-state index in [0.29, 0.717) is 22.3 Å². The minimum absolute atomic E-state index is 0.00237. The largest absolute Gasteiger partial charge is 0.493 e. The third-order valence-corrected chi connectivity index (χ3v) is 8.56. The summed E-state index contributed by atoms with van der Waals surface area (Å²) in [5.74, 6) is -0.239. The molecule has 5 nitrogen and oxygen atoms in total. The number of benzene rings is 3. The van der Waals surface area contributed by atoms with Crippen molar-refractivity contribution < 1.29 is 27.4 Å². The van der Waals surface area contributed by atoms with E-state index in [2.05, 4.69) is 6.92 Å². The molecule has 10 heteroatoms. The van der Waals surface area contributed by atoms with Crippen LogP contribution in [0.15, 0.2) is 59.8 Å². The fourth-order valence-corrected chi connectivity index (χ4v) is 6.52. The van der Waals surface area contributed by atoms with Crippen molar-refractivity contribution in [2.45, 2.75) is 42.5 Å². The molecule has 1 aromatic heterocycles. The zero-order chi connectivity index (χ0) is 29.1. The molecular formula is C31H30ClF3N2O3S. The Morgan fingerprint density at radius 3 is 2.34 bits per heavy atom. The van der Waals surface area contributed by atoms with E-state index in [0.717, 1.165) is 48.3 Å². The average molecular weight is 603 g/mol. The number of hydrogen-bond acceptors (Lipinski definition) is 5. The van der Waals surface area contributed by atoms with Gasteiger partial charge in [-0.2, -0.15) is 0 Å². The second-order valence-corrected chi connectivity index (χ2v) is 11.3. The topological polar surface area (TPSA) is 45.5 Å². The first-order valence-electron chi connectivity index (χ1n) is 13.2. The van der Waals surface area contributed by atoms with Gasteiger partial charge in [0, 0.05) is 34.6 Å². The third kappa shape index (κ3) is 5.75. The van der Waals surface area contributed by atoms with Crippen LogP contribution in [0.3, 0.4) is 0 Å². The Hall–Kier alpha value is -3.30. The SMILES string of the molecule is COc1ccc(C2(C)CCCc3nc(SCc4c(F)cc(OCCCl)cc4F)n(-c4ccc(F)cc4)c32)cc1OC. The van der Waals surface area contributed by atoms with Gasteiger partial charge in [-0.25, -0.2) is 18.2 Å². The van der Waals surface area contributed by atoms with Gasteiger partial charge in [0.2, 0.25) is 0 Å². The van der Waals surface area contributed by atoms with Crippen LogP contribution in [0.25, 0.3) is 5.69 Å². The Balaban J connectivity index is 1.59. The molecule has 41 heavy (non-hydrogen) atoms. The second-order valence-electron chi connectivity index (χ2n) is 9.95. The number of rotatable bonds is 10. The number of thioether (sulfide) groups is 1. The number of ether oxygens (including phenoxy) is 3. The summed E-state index contributed by atoms with van der Waals surface area (Å²) in [5.41, 5.74) is 3.01. The first-order chi connectivity index (χ1) is 19.8. The highest BCUT2D eigenvalue weighted by Crippen LogP contribution is 2.47. The summed E-state index contributed by atoms with van der Waals surface area (Å²) in [4.78, 5) is 4.97. The van der Waals surface area contributed by atoms with E-state index in [1.165, 1.54) is 23.9 Å². The number of halogens is 4. The van der Waals surface area contributed by atoms with Gasteiger partial charge in [0.05, 0.1) is 31.5 Å². The van der Waals surface area contributed by atoms with E-state index in [1.807, 2.05) is 22.8 Å². The summed E-state index contributed by atoms with van der Waals surface area (Å²) in [7, 11) is 3.19. The lowest BCUT2D eigenvalue weighted by atomic mass is 9.71. The van der Waals surface area contributed by atoms with Gasteiger partial charge >= 0.3 is 0 Å². The molecule has 1 heterocycles. The predicted molar refractivity (Wildman–Crippen MR) is 155 cm³/mol. The van der Waals surface area contributed by atoms with Crippen molar-refractivity contribution in [3.63, 3.8) is 0 Å². The first kappa shape index (κ1) is 29.2. The van der Waals surface area contributed by atoms with E-state index in [4.69, 9.17) is 30.8 Å². The van der Waals surface area contributed by atoms with E-state index >= 15 is 0 Å². The Morgan fingerprint density at radius 1 is 0.976 bits per heavy atom. The average Bonchev–Trinajstić information content (AvgIpc) is 3.35. The van der Waals surface area contributed by atoms with Crippen molar-refractivity contribution >= 4 is 23.4 Å². The normalized spacial score (nSPS) is 16.4. The molecule has 0 spiro atoms. The van der Waals surface area contributed by atoms with Crippen LogP contribution in [0.4, 0.5) is 13.2 Å². The van der Waals surface area contributed by atoms with Gasteiger partial charge in [-0.15, -0.1) is 11.6 Å². The van der Waals surface area contributed by atoms with Gasteiger partial charge in [-0.1, -0.05) is 17.8 Å². The molecule has 1 unspecified atom stereocenters. The van der Waals surface area contributed by atoms with Crippen LogP contribution >= 0.6 is 23.4 Å². The van der Waals surface area contributed by atoms with E-state index < -0.39 is 17.0 Å². The smallest absolute Gasteiger partial charge is 0.173 e. The fourth-order valence-electron chi connectivity index (χ4n) is 5.39. The third-order valence-electron chi connectivity index (χ3n) is 7.44. The fraction of sp³-hybridized carbons (Fsp3) is 0.323. The molecule has 0 radical (unpaired) electrons. The Kier molecular flexibility index (Phi) is 8.75. The monoisotopic (exact) mass is 602 g/mol. The molecular weight excluding hydrogens is 573 g/mol. The van der Waals surface area contributed by atoms with Gasteiger partial charge in [0.15, 0.2) is 16.7 Å². The maximum Gasteiger partial charge on any atom is 0.173 e. The Bertz CT molecular complexity index is 1520. The maximum atomic E-state index is 15.0. The maximum absolute atomic E-state index is 15.0. The molecule has 0 amide bonds. The minimum Gasteiger partial charge on any atom is -0.493 e. The lowest BCUT2D eigenvalue weighted by molar-refractivity contribution is 0.338. The Morgan fingerprint density at radius 2 is 1.68 bits per heavy atom. The number of alkyl halides is 1. The quantitative estimate of drug-likeness (QED) is 0.137. The molecule has 0 saturated carbocycles. The van der Waals surface area contributed by atoms with E-state index in [-0.39, 0.29) is 35.4 Å². The molecule has 0 bridgehead atoms. The summed E-state index contributed by atoms with van der Waals surface area (Å²) in [6.07, 6.45) is 2.48. The van der Waals surface area contributed by atoms with Crippen LogP contribution in [0, 0.1) is 17.5 Å². The number of fused-ring (bicyclic) bond motifs is 1. The molecule has 3 aromatic carbocycles. The van der Waals surface area contributed by atoms with Crippen LogP contribution in [-0.2, 0) is 17.6 Å².